The molecular formula is C14H17F2NO2. The smallest absolute Gasteiger partial charge is 0.264 e. The van der Waals surface area contributed by atoms with Crippen molar-refractivity contribution in [2.24, 2.45) is 0 Å². The molecule has 0 spiro atoms. The molecule has 3 nitrogen and oxygen atoms in total. The van der Waals surface area contributed by atoms with Gasteiger partial charge in [0, 0.05) is 11.6 Å². The Morgan fingerprint density at radius 2 is 1.95 bits per heavy atom. The molecule has 0 saturated carbocycles. The molecule has 1 aromatic rings. The molecule has 3 rings (SSSR count). The summed E-state index contributed by atoms with van der Waals surface area (Å²) in [7, 11) is 0. The molecule has 104 valence electrons. The topological polar surface area (TPSA) is 30.5 Å². The molecule has 1 fully saturated rings. The number of halogens is 2. The van der Waals surface area contributed by atoms with Crippen molar-refractivity contribution in [3.05, 3.63) is 23.3 Å². The molecule has 0 bridgehead atoms. The first kappa shape index (κ1) is 12.7. The van der Waals surface area contributed by atoms with Crippen molar-refractivity contribution in [1.82, 2.24) is 5.32 Å². The number of hydrogen-bond donors (Lipinski definition) is 1. The maximum Gasteiger partial charge on any atom is 0.264 e. The van der Waals surface area contributed by atoms with Gasteiger partial charge in [-0.3, -0.25) is 0 Å². The molecule has 2 heterocycles. The van der Waals surface area contributed by atoms with E-state index in [1.807, 2.05) is 0 Å². The summed E-state index contributed by atoms with van der Waals surface area (Å²) in [5.74, 6) is 1.02. The molecule has 0 aliphatic carbocycles. The number of fused-ring (bicyclic) bond motifs is 1. The number of alkyl halides is 2. The zero-order valence-electron chi connectivity index (χ0n) is 10.6. The molecule has 19 heavy (non-hydrogen) atoms. The van der Waals surface area contributed by atoms with Crippen molar-refractivity contribution in [2.75, 3.05) is 19.8 Å². The Hall–Kier alpha value is -1.36. The van der Waals surface area contributed by atoms with Crippen molar-refractivity contribution in [3.8, 4) is 11.5 Å². The average molecular weight is 269 g/mol. The van der Waals surface area contributed by atoms with E-state index >= 15 is 0 Å². The molecule has 0 radical (unpaired) electrons. The van der Waals surface area contributed by atoms with Gasteiger partial charge in [-0.25, -0.2) is 8.78 Å². The minimum absolute atomic E-state index is 0.0675. The summed E-state index contributed by atoms with van der Waals surface area (Å²) in [6.07, 6.45) is 0.291. The van der Waals surface area contributed by atoms with E-state index in [-0.39, 0.29) is 5.56 Å². The molecule has 0 aromatic heterocycles. The Balaban J connectivity index is 1.90. The van der Waals surface area contributed by atoms with Gasteiger partial charge in [-0.05, 0) is 43.5 Å². The lowest BCUT2D eigenvalue weighted by molar-refractivity contribution is 0.145. The van der Waals surface area contributed by atoms with Crippen LogP contribution in [0.5, 0.6) is 11.5 Å². The van der Waals surface area contributed by atoms with Crippen LogP contribution in [-0.2, 0) is 6.42 Å². The van der Waals surface area contributed by atoms with Crippen LogP contribution in [-0.4, -0.2) is 25.8 Å². The van der Waals surface area contributed by atoms with Crippen molar-refractivity contribution in [3.63, 3.8) is 0 Å². The molecule has 1 unspecified atom stereocenters. The van der Waals surface area contributed by atoms with Gasteiger partial charge in [0.2, 0.25) is 0 Å². The van der Waals surface area contributed by atoms with E-state index in [4.69, 9.17) is 9.47 Å². The summed E-state index contributed by atoms with van der Waals surface area (Å²) in [4.78, 5) is 0. The molecule has 1 aromatic carbocycles. The Kier molecular flexibility index (Phi) is 3.55. The van der Waals surface area contributed by atoms with Crippen molar-refractivity contribution >= 4 is 0 Å². The minimum atomic E-state index is -2.48. The van der Waals surface area contributed by atoms with E-state index in [9.17, 15) is 8.78 Å². The standard InChI is InChI=1S/C14H17F2NO2/c15-14(16)11-8-13-12(18-4-5-19-13)7-9(11)6-10-2-1-3-17-10/h7-8,10,14,17H,1-6H2. The minimum Gasteiger partial charge on any atom is -0.486 e. The summed E-state index contributed by atoms with van der Waals surface area (Å²) in [5.41, 5.74) is 0.733. The molecule has 1 N–H and O–H groups in total. The Labute approximate surface area is 110 Å². The number of ether oxygens (including phenoxy) is 2. The van der Waals surface area contributed by atoms with Crippen molar-refractivity contribution < 1.29 is 18.3 Å². The van der Waals surface area contributed by atoms with E-state index in [2.05, 4.69) is 5.32 Å². The molecular weight excluding hydrogens is 252 g/mol. The largest absolute Gasteiger partial charge is 0.486 e. The first-order chi connectivity index (χ1) is 9.24. The summed E-state index contributed by atoms with van der Waals surface area (Å²) in [5, 5.41) is 3.33. The lowest BCUT2D eigenvalue weighted by atomic mass is 9.98. The highest BCUT2D eigenvalue weighted by Gasteiger charge is 2.23. The van der Waals surface area contributed by atoms with Crippen LogP contribution in [0.3, 0.4) is 0 Å². The third-order valence-electron chi connectivity index (χ3n) is 3.67. The summed E-state index contributed by atoms with van der Waals surface area (Å²) in [6, 6.07) is 3.44. The first-order valence-electron chi connectivity index (χ1n) is 6.68. The molecule has 1 saturated heterocycles. The highest BCUT2D eigenvalue weighted by Crippen LogP contribution is 2.37. The number of rotatable bonds is 3. The van der Waals surface area contributed by atoms with Crippen LogP contribution in [0.25, 0.3) is 0 Å². The second-order valence-corrected chi connectivity index (χ2v) is 4.99. The van der Waals surface area contributed by atoms with E-state index < -0.39 is 6.43 Å². The van der Waals surface area contributed by atoms with Gasteiger partial charge in [0.1, 0.15) is 13.2 Å². The average Bonchev–Trinajstić information content (AvgIpc) is 2.90. The van der Waals surface area contributed by atoms with Crippen LogP contribution >= 0.6 is 0 Å². The molecule has 5 heteroatoms. The van der Waals surface area contributed by atoms with E-state index in [0.29, 0.717) is 42.7 Å². The normalized spacial score (nSPS) is 21.9. The van der Waals surface area contributed by atoms with Crippen LogP contribution in [0.4, 0.5) is 8.78 Å². The Morgan fingerprint density at radius 3 is 2.58 bits per heavy atom. The van der Waals surface area contributed by atoms with Gasteiger partial charge < -0.3 is 14.8 Å². The quantitative estimate of drug-likeness (QED) is 0.915. The molecule has 1 atom stereocenters. The first-order valence-corrected chi connectivity index (χ1v) is 6.68. The fourth-order valence-electron chi connectivity index (χ4n) is 2.72. The number of benzene rings is 1. The molecule has 2 aliphatic heterocycles. The third-order valence-corrected chi connectivity index (χ3v) is 3.67. The van der Waals surface area contributed by atoms with E-state index in [0.717, 1.165) is 19.4 Å². The maximum absolute atomic E-state index is 13.2. The Bertz CT molecular complexity index is 459. The van der Waals surface area contributed by atoms with Gasteiger partial charge in [0.05, 0.1) is 0 Å². The van der Waals surface area contributed by atoms with E-state index in [1.165, 1.54) is 6.07 Å². The fraction of sp³-hybridized carbons (Fsp3) is 0.571. The lowest BCUT2D eigenvalue weighted by Crippen LogP contribution is -2.24. The monoisotopic (exact) mass is 269 g/mol. The molecule has 2 aliphatic rings. The van der Waals surface area contributed by atoms with Crippen LogP contribution in [0, 0.1) is 0 Å². The van der Waals surface area contributed by atoms with Gasteiger partial charge in [-0.2, -0.15) is 0 Å². The highest BCUT2D eigenvalue weighted by atomic mass is 19.3. The predicted molar refractivity (Wildman–Crippen MR) is 67.1 cm³/mol. The van der Waals surface area contributed by atoms with Crippen LogP contribution in [0.1, 0.15) is 30.4 Å². The van der Waals surface area contributed by atoms with Crippen LogP contribution in [0.2, 0.25) is 0 Å². The van der Waals surface area contributed by atoms with Gasteiger partial charge in [0.25, 0.3) is 6.43 Å². The zero-order valence-corrected chi connectivity index (χ0v) is 10.6. The van der Waals surface area contributed by atoms with Crippen molar-refractivity contribution in [2.45, 2.75) is 31.7 Å². The van der Waals surface area contributed by atoms with Gasteiger partial charge in [-0.15, -0.1) is 0 Å². The highest BCUT2D eigenvalue weighted by molar-refractivity contribution is 5.49. The Morgan fingerprint density at radius 1 is 1.21 bits per heavy atom. The third kappa shape index (κ3) is 2.66. The number of nitrogens with one attached hydrogen (secondary N) is 1. The van der Waals surface area contributed by atoms with Gasteiger partial charge in [-0.1, -0.05) is 0 Å². The summed E-state index contributed by atoms with van der Waals surface area (Å²) in [6.45, 7) is 1.86. The van der Waals surface area contributed by atoms with E-state index in [1.54, 1.807) is 6.07 Å². The second kappa shape index (κ2) is 5.33. The predicted octanol–water partition coefficient (Wildman–Crippen LogP) is 2.69. The van der Waals surface area contributed by atoms with Crippen molar-refractivity contribution in [1.29, 1.82) is 0 Å². The SMILES string of the molecule is FC(F)c1cc2c(cc1CC1CCCN1)OCCO2. The zero-order chi connectivity index (χ0) is 13.2. The van der Waals surface area contributed by atoms with Crippen LogP contribution in [0.15, 0.2) is 12.1 Å². The number of hydrogen-bond acceptors (Lipinski definition) is 3. The molecule has 0 amide bonds. The second-order valence-electron chi connectivity index (χ2n) is 4.99. The summed E-state index contributed by atoms with van der Waals surface area (Å²) < 4.78 is 37.1. The lowest BCUT2D eigenvalue weighted by Gasteiger charge is -2.22. The fourth-order valence-corrected chi connectivity index (χ4v) is 2.72. The summed E-state index contributed by atoms with van der Waals surface area (Å²) >= 11 is 0. The van der Waals surface area contributed by atoms with Gasteiger partial charge >= 0.3 is 0 Å². The van der Waals surface area contributed by atoms with Gasteiger partial charge in [0.15, 0.2) is 11.5 Å². The van der Waals surface area contributed by atoms with Crippen LogP contribution < -0.4 is 14.8 Å². The maximum atomic E-state index is 13.2.